The number of amides is 1. The molecule has 9 heteroatoms. The van der Waals surface area contributed by atoms with Crippen LogP contribution < -0.4 is 10.3 Å². The summed E-state index contributed by atoms with van der Waals surface area (Å²) in [5, 5.41) is 3.57. The van der Waals surface area contributed by atoms with E-state index in [1.54, 1.807) is 0 Å². The molecule has 0 aromatic heterocycles. The fourth-order valence-corrected chi connectivity index (χ4v) is 2.51. The number of piperidine rings is 1. The Morgan fingerprint density at radius 2 is 1.78 bits per heavy atom. The monoisotopic (exact) mass is 331 g/mol. The van der Waals surface area contributed by atoms with Crippen molar-refractivity contribution in [3.8, 4) is 0 Å². The number of anilines is 1. The van der Waals surface area contributed by atoms with Crippen LogP contribution in [0, 0.1) is 11.6 Å². The van der Waals surface area contributed by atoms with Gasteiger partial charge in [0.15, 0.2) is 6.61 Å². The summed E-state index contributed by atoms with van der Waals surface area (Å²) in [4.78, 5) is 12.2. The van der Waals surface area contributed by atoms with Crippen molar-refractivity contribution in [1.82, 2.24) is 5.43 Å². The number of nitrogens with zero attached hydrogens (tertiary/aromatic N) is 2. The zero-order valence-electron chi connectivity index (χ0n) is 11.9. The summed E-state index contributed by atoms with van der Waals surface area (Å²) in [5.74, 6) is -5.17. The fraction of sp³-hybridized carbons (Fsp3) is 0.429. The van der Waals surface area contributed by atoms with Gasteiger partial charge in [-0.25, -0.2) is 23.0 Å². The minimum Gasteiger partial charge on any atom is -0.466 e. The highest BCUT2D eigenvalue weighted by atomic mass is 19.3. The second kappa shape index (κ2) is 5.71. The summed E-state index contributed by atoms with van der Waals surface area (Å²) in [6, 6.07) is 2.00. The lowest BCUT2D eigenvalue weighted by molar-refractivity contribution is -0.124. The number of alkyl halides is 2. The first-order valence-electron chi connectivity index (χ1n) is 6.97. The summed E-state index contributed by atoms with van der Waals surface area (Å²) >= 11 is 0. The molecule has 0 aliphatic carbocycles. The first kappa shape index (κ1) is 15.6. The van der Waals surface area contributed by atoms with Gasteiger partial charge in [-0.2, -0.15) is 0 Å². The van der Waals surface area contributed by atoms with Crippen molar-refractivity contribution < 1.29 is 27.1 Å². The average molecular weight is 331 g/mol. The largest absolute Gasteiger partial charge is 0.466 e. The Morgan fingerprint density at radius 1 is 1.17 bits per heavy atom. The molecule has 0 atom stereocenters. The maximum atomic E-state index is 14.3. The van der Waals surface area contributed by atoms with Crippen LogP contribution in [0.15, 0.2) is 17.2 Å². The van der Waals surface area contributed by atoms with Gasteiger partial charge in [0.2, 0.25) is 5.90 Å². The van der Waals surface area contributed by atoms with E-state index in [1.165, 1.54) is 4.90 Å². The molecule has 1 aromatic carbocycles. The van der Waals surface area contributed by atoms with Gasteiger partial charge in [0.1, 0.15) is 17.3 Å². The molecular weight excluding hydrogens is 318 g/mol. The van der Waals surface area contributed by atoms with E-state index < -0.39 is 36.3 Å². The Hall–Kier alpha value is -2.32. The number of ether oxygens (including phenoxy) is 1. The number of hydrogen-bond acceptors (Lipinski definition) is 4. The summed E-state index contributed by atoms with van der Waals surface area (Å²) in [7, 11) is 0. The molecule has 0 saturated carbocycles. The molecule has 0 unspecified atom stereocenters. The third kappa shape index (κ3) is 3.22. The zero-order chi connectivity index (χ0) is 16.6. The van der Waals surface area contributed by atoms with Crippen LogP contribution in [0.3, 0.4) is 0 Å². The maximum absolute atomic E-state index is 14.3. The smallest absolute Gasteiger partial charge is 0.278 e. The molecule has 2 aliphatic heterocycles. The van der Waals surface area contributed by atoms with E-state index in [1.807, 2.05) is 0 Å². The first-order valence-corrected chi connectivity index (χ1v) is 6.97. The second-order valence-electron chi connectivity index (χ2n) is 5.37. The second-order valence-corrected chi connectivity index (χ2v) is 5.37. The molecule has 2 aliphatic rings. The highest BCUT2D eigenvalue weighted by molar-refractivity contribution is 5.98. The normalized spacial score (nSPS) is 20.6. The standard InChI is InChI=1S/C14H13F4N3O2/c15-9-5-8(13-20-19-11(22)7-23-13)6-10(16)12(9)21-3-1-14(17,18)2-4-21/h5-6H,1-4,7H2,(H,19,22). The summed E-state index contributed by atoms with van der Waals surface area (Å²) in [6.45, 7) is -0.563. The molecule has 0 spiro atoms. The van der Waals surface area contributed by atoms with E-state index in [2.05, 4.69) is 10.5 Å². The molecule has 1 N–H and O–H groups in total. The average Bonchev–Trinajstić information content (AvgIpc) is 2.49. The molecule has 1 aromatic rings. The van der Waals surface area contributed by atoms with E-state index in [4.69, 9.17) is 4.74 Å². The number of carbonyl (C=O) groups is 1. The first-order chi connectivity index (χ1) is 10.9. The van der Waals surface area contributed by atoms with Gasteiger partial charge >= 0.3 is 0 Å². The van der Waals surface area contributed by atoms with Crippen LogP contribution in [0.5, 0.6) is 0 Å². The van der Waals surface area contributed by atoms with Crippen LogP contribution in [0.2, 0.25) is 0 Å². The lowest BCUT2D eigenvalue weighted by Crippen LogP contribution is -2.40. The van der Waals surface area contributed by atoms with Crippen molar-refractivity contribution in [3.05, 3.63) is 29.3 Å². The predicted octanol–water partition coefficient (Wildman–Crippen LogP) is 2.01. The van der Waals surface area contributed by atoms with E-state index in [0.717, 1.165) is 12.1 Å². The Balaban J connectivity index is 1.85. The molecule has 23 heavy (non-hydrogen) atoms. The maximum Gasteiger partial charge on any atom is 0.278 e. The van der Waals surface area contributed by atoms with Gasteiger partial charge < -0.3 is 9.64 Å². The highest BCUT2D eigenvalue weighted by Gasteiger charge is 2.35. The number of rotatable bonds is 2. The number of nitrogens with one attached hydrogen (secondary N) is 1. The molecule has 0 bridgehead atoms. The van der Waals surface area contributed by atoms with Crippen LogP contribution in [-0.2, 0) is 9.53 Å². The van der Waals surface area contributed by atoms with Gasteiger partial charge in [0.25, 0.3) is 11.8 Å². The minimum absolute atomic E-state index is 0.0195. The van der Waals surface area contributed by atoms with Crippen molar-refractivity contribution in [1.29, 1.82) is 0 Å². The van der Waals surface area contributed by atoms with E-state index >= 15 is 0 Å². The third-order valence-corrected chi connectivity index (χ3v) is 3.70. The Morgan fingerprint density at radius 3 is 2.30 bits per heavy atom. The van der Waals surface area contributed by atoms with Crippen molar-refractivity contribution in [2.24, 2.45) is 5.10 Å². The van der Waals surface area contributed by atoms with E-state index in [-0.39, 0.29) is 36.8 Å². The fourth-order valence-electron chi connectivity index (χ4n) is 2.51. The van der Waals surface area contributed by atoms with Crippen molar-refractivity contribution in [2.45, 2.75) is 18.8 Å². The zero-order valence-corrected chi connectivity index (χ0v) is 11.9. The van der Waals surface area contributed by atoms with Gasteiger partial charge in [-0.15, -0.1) is 5.10 Å². The van der Waals surface area contributed by atoms with Crippen LogP contribution in [-0.4, -0.2) is 37.4 Å². The number of halogens is 4. The molecule has 1 amide bonds. The lowest BCUT2D eigenvalue weighted by Gasteiger charge is -2.33. The molecule has 0 radical (unpaired) electrons. The Bertz CT molecular complexity index is 645. The van der Waals surface area contributed by atoms with Crippen molar-refractivity contribution in [2.75, 3.05) is 24.6 Å². The van der Waals surface area contributed by atoms with Gasteiger partial charge in [-0.1, -0.05) is 0 Å². The number of benzene rings is 1. The molecule has 3 rings (SSSR count). The predicted molar refractivity (Wildman–Crippen MR) is 73.4 cm³/mol. The van der Waals surface area contributed by atoms with E-state index in [9.17, 15) is 22.4 Å². The molecule has 5 nitrogen and oxygen atoms in total. The summed E-state index contributed by atoms with van der Waals surface area (Å²) in [5.41, 5.74) is 1.82. The molecule has 124 valence electrons. The quantitative estimate of drug-likeness (QED) is 0.844. The van der Waals surface area contributed by atoms with Crippen LogP contribution in [0.4, 0.5) is 23.2 Å². The molecular formula is C14H13F4N3O2. The highest BCUT2D eigenvalue weighted by Crippen LogP contribution is 2.33. The Labute approximate surface area is 128 Å². The van der Waals surface area contributed by atoms with E-state index in [0.29, 0.717) is 0 Å². The minimum atomic E-state index is -2.80. The summed E-state index contributed by atoms with van der Waals surface area (Å²) in [6.07, 6.45) is -0.898. The van der Waals surface area contributed by atoms with Crippen molar-refractivity contribution >= 4 is 17.5 Å². The van der Waals surface area contributed by atoms with Crippen LogP contribution in [0.25, 0.3) is 0 Å². The van der Waals surface area contributed by atoms with Crippen molar-refractivity contribution in [3.63, 3.8) is 0 Å². The lowest BCUT2D eigenvalue weighted by atomic mass is 10.0. The molecule has 1 fully saturated rings. The third-order valence-electron chi connectivity index (χ3n) is 3.70. The SMILES string of the molecule is O=C1COC(c2cc(F)c(N3CCC(F)(F)CC3)c(F)c2)=NN1. The number of carbonyl (C=O) groups excluding carboxylic acids is 1. The van der Waals surface area contributed by atoms with Gasteiger partial charge in [-0.05, 0) is 12.1 Å². The Kier molecular flexibility index (Phi) is 3.87. The number of hydrazone groups is 1. The van der Waals surface area contributed by atoms with Gasteiger partial charge in [0, 0.05) is 31.5 Å². The summed E-state index contributed by atoms with van der Waals surface area (Å²) < 4.78 is 59.8. The molecule has 2 heterocycles. The van der Waals surface area contributed by atoms with Crippen LogP contribution >= 0.6 is 0 Å². The number of hydrogen-bond donors (Lipinski definition) is 1. The van der Waals surface area contributed by atoms with Gasteiger partial charge in [-0.3, -0.25) is 4.79 Å². The topological polar surface area (TPSA) is 53.9 Å². The van der Waals surface area contributed by atoms with Gasteiger partial charge in [0.05, 0.1) is 0 Å². The molecule has 1 saturated heterocycles. The van der Waals surface area contributed by atoms with Crippen LogP contribution in [0.1, 0.15) is 18.4 Å².